The van der Waals surface area contributed by atoms with Crippen molar-refractivity contribution in [1.29, 1.82) is 0 Å². The minimum atomic E-state index is -0.0219. The summed E-state index contributed by atoms with van der Waals surface area (Å²) >= 11 is 12.0. The molecule has 0 atom stereocenters. The zero-order valence-electron chi connectivity index (χ0n) is 9.78. The van der Waals surface area contributed by atoms with Crippen molar-refractivity contribution in [3.05, 3.63) is 46.4 Å². The Morgan fingerprint density at radius 2 is 1.89 bits per heavy atom. The summed E-state index contributed by atoms with van der Waals surface area (Å²) in [6, 6.07) is 10.6. The van der Waals surface area contributed by atoms with Gasteiger partial charge in [-0.05, 0) is 30.7 Å². The number of hydrogen-bond donors (Lipinski definition) is 1. The van der Waals surface area contributed by atoms with Gasteiger partial charge in [0.25, 0.3) is 0 Å². The number of aromatic hydroxyl groups is 1. The van der Waals surface area contributed by atoms with E-state index in [4.69, 9.17) is 27.9 Å². The molecule has 2 nitrogen and oxygen atoms in total. The lowest BCUT2D eigenvalue weighted by atomic mass is 10.1. The van der Waals surface area contributed by atoms with Crippen molar-refractivity contribution in [3.63, 3.8) is 0 Å². The first kappa shape index (κ1) is 13.1. The van der Waals surface area contributed by atoms with Crippen LogP contribution in [0.2, 0.25) is 10.0 Å². The molecule has 4 heteroatoms. The van der Waals surface area contributed by atoms with Gasteiger partial charge in [0.2, 0.25) is 0 Å². The Morgan fingerprint density at radius 1 is 1.11 bits per heavy atom. The Hall–Kier alpha value is -1.38. The molecule has 94 valence electrons. The molecule has 0 aliphatic heterocycles. The third-order valence-electron chi connectivity index (χ3n) is 2.49. The summed E-state index contributed by atoms with van der Waals surface area (Å²) in [6.45, 7) is 2.53. The van der Waals surface area contributed by atoms with Gasteiger partial charge in [-0.1, -0.05) is 35.3 Å². The predicted octanol–water partition coefficient (Wildman–Crippen LogP) is 4.76. The number of phenols is 1. The van der Waals surface area contributed by atoms with Crippen molar-refractivity contribution in [2.45, 2.75) is 6.92 Å². The SMILES string of the molecule is CCOc1cccc(-c2cc(Cl)c(O)cc2Cl)c1. The van der Waals surface area contributed by atoms with Crippen LogP contribution in [-0.4, -0.2) is 11.7 Å². The molecule has 0 saturated heterocycles. The lowest BCUT2D eigenvalue weighted by Crippen LogP contribution is -1.91. The molecule has 2 aromatic carbocycles. The molecular formula is C14H12Cl2O2. The van der Waals surface area contributed by atoms with E-state index < -0.39 is 0 Å². The summed E-state index contributed by atoms with van der Waals surface area (Å²) in [4.78, 5) is 0. The Balaban J connectivity index is 2.48. The minimum absolute atomic E-state index is 0.0219. The van der Waals surface area contributed by atoms with Gasteiger partial charge in [-0.2, -0.15) is 0 Å². The Morgan fingerprint density at radius 3 is 2.61 bits per heavy atom. The maximum absolute atomic E-state index is 9.47. The van der Waals surface area contributed by atoms with Crippen LogP contribution in [0.1, 0.15) is 6.92 Å². The second-order valence-corrected chi connectivity index (χ2v) is 4.56. The zero-order valence-corrected chi connectivity index (χ0v) is 11.3. The molecule has 1 N–H and O–H groups in total. The molecule has 0 spiro atoms. The van der Waals surface area contributed by atoms with E-state index >= 15 is 0 Å². The van der Waals surface area contributed by atoms with Crippen molar-refractivity contribution in [1.82, 2.24) is 0 Å². The van der Waals surface area contributed by atoms with Gasteiger partial charge in [-0.25, -0.2) is 0 Å². The summed E-state index contributed by atoms with van der Waals surface area (Å²) in [6.07, 6.45) is 0. The minimum Gasteiger partial charge on any atom is -0.506 e. The molecule has 0 aliphatic rings. The smallest absolute Gasteiger partial charge is 0.135 e. The molecule has 0 bridgehead atoms. The van der Waals surface area contributed by atoms with E-state index in [9.17, 15) is 5.11 Å². The summed E-state index contributed by atoms with van der Waals surface area (Å²) in [5, 5.41) is 10.2. The van der Waals surface area contributed by atoms with Gasteiger partial charge in [0.1, 0.15) is 11.5 Å². The van der Waals surface area contributed by atoms with Crippen molar-refractivity contribution in [2.75, 3.05) is 6.61 Å². The van der Waals surface area contributed by atoms with Gasteiger partial charge in [0, 0.05) is 11.6 Å². The van der Waals surface area contributed by atoms with E-state index in [1.165, 1.54) is 6.07 Å². The Kier molecular flexibility index (Phi) is 4.00. The van der Waals surface area contributed by atoms with Crippen LogP contribution in [0.25, 0.3) is 11.1 Å². The fraction of sp³-hybridized carbons (Fsp3) is 0.143. The zero-order chi connectivity index (χ0) is 13.1. The molecule has 2 aromatic rings. The molecule has 0 heterocycles. The predicted molar refractivity (Wildman–Crippen MR) is 74.7 cm³/mol. The highest BCUT2D eigenvalue weighted by molar-refractivity contribution is 6.36. The van der Waals surface area contributed by atoms with Gasteiger partial charge in [0.05, 0.1) is 16.7 Å². The topological polar surface area (TPSA) is 29.5 Å². The first-order valence-electron chi connectivity index (χ1n) is 5.53. The number of phenolic OH excluding ortho intramolecular Hbond substituents is 1. The molecule has 0 unspecified atom stereocenters. The molecule has 2 rings (SSSR count). The van der Waals surface area contributed by atoms with E-state index in [1.807, 2.05) is 31.2 Å². The van der Waals surface area contributed by atoms with Crippen LogP contribution in [0, 0.1) is 0 Å². The summed E-state index contributed by atoms with van der Waals surface area (Å²) in [5.41, 5.74) is 1.66. The summed E-state index contributed by atoms with van der Waals surface area (Å²) in [5.74, 6) is 0.752. The average Bonchev–Trinajstić information content (AvgIpc) is 2.34. The molecule has 0 fully saturated rings. The largest absolute Gasteiger partial charge is 0.506 e. The van der Waals surface area contributed by atoms with E-state index in [0.717, 1.165) is 16.9 Å². The maximum Gasteiger partial charge on any atom is 0.135 e. The molecule has 18 heavy (non-hydrogen) atoms. The summed E-state index contributed by atoms with van der Waals surface area (Å²) < 4.78 is 5.44. The molecular weight excluding hydrogens is 271 g/mol. The highest BCUT2D eigenvalue weighted by Crippen LogP contribution is 2.36. The fourth-order valence-electron chi connectivity index (χ4n) is 1.68. The Labute approximate surface area is 116 Å². The number of benzene rings is 2. The Bertz CT molecular complexity index is 568. The van der Waals surface area contributed by atoms with Crippen LogP contribution in [-0.2, 0) is 0 Å². The number of hydrogen-bond acceptors (Lipinski definition) is 2. The van der Waals surface area contributed by atoms with Crippen LogP contribution in [0.15, 0.2) is 36.4 Å². The van der Waals surface area contributed by atoms with E-state index in [1.54, 1.807) is 6.07 Å². The molecule has 0 aromatic heterocycles. The molecule has 0 amide bonds. The lowest BCUT2D eigenvalue weighted by Gasteiger charge is -2.09. The second-order valence-electron chi connectivity index (χ2n) is 3.74. The van der Waals surface area contributed by atoms with Crippen molar-refractivity contribution in [2.24, 2.45) is 0 Å². The lowest BCUT2D eigenvalue weighted by molar-refractivity contribution is 0.340. The van der Waals surface area contributed by atoms with Crippen molar-refractivity contribution in [3.8, 4) is 22.6 Å². The van der Waals surface area contributed by atoms with Crippen LogP contribution < -0.4 is 4.74 Å². The van der Waals surface area contributed by atoms with Crippen LogP contribution in [0.5, 0.6) is 11.5 Å². The summed E-state index contributed by atoms with van der Waals surface area (Å²) in [7, 11) is 0. The highest BCUT2D eigenvalue weighted by Gasteiger charge is 2.09. The number of halogens is 2. The first-order valence-corrected chi connectivity index (χ1v) is 6.28. The highest BCUT2D eigenvalue weighted by atomic mass is 35.5. The molecule has 0 aliphatic carbocycles. The number of rotatable bonds is 3. The van der Waals surface area contributed by atoms with E-state index in [-0.39, 0.29) is 10.8 Å². The van der Waals surface area contributed by atoms with Crippen LogP contribution in [0.3, 0.4) is 0 Å². The normalized spacial score (nSPS) is 10.4. The number of ether oxygens (including phenoxy) is 1. The van der Waals surface area contributed by atoms with Gasteiger partial charge < -0.3 is 9.84 Å². The fourth-order valence-corrected chi connectivity index (χ4v) is 2.11. The van der Waals surface area contributed by atoms with Crippen molar-refractivity contribution < 1.29 is 9.84 Å². The molecule has 0 saturated carbocycles. The standard InChI is InChI=1S/C14H12Cl2O2/c1-2-18-10-5-3-4-9(6-10)11-7-13(16)14(17)8-12(11)15/h3-8,17H,2H2,1H3. The third kappa shape index (κ3) is 2.71. The quantitative estimate of drug-likeness (QED) is 0.879. The van der Waals surface area contributed by atoms with Gasteiger partial charge in [-0.3, -0.25) is 0 Å². The van der Waals surface area contributed by atoms with Gasteiger partial charge >= 0.3 is 0 Å². The second kappa shape index (κ2) is 5.51. The van der Waals surface area contributed by atoms with Gasteiger partial charge in [0.15, 0.2) is 0 Å². The van der Waals surface area contributed by atoms with E-state index in [2.05, 4.69) is 0 Å². The third-order valence-corrected chi connectivity index (χ3v) is 3.11. The van der Waals surface area contributed by atoms with Gasteiger partial charge in [-0.15, -0.1) is 0 Å². The monoisotopic (exact) mass is 282 g/mol. The van der Waals surface area contributed by atoms with Crippen molar-refractivity contribution >= 4 is 23.2 Å². The maximum atomic E-state index is 9.47. The van der Waals surface area contributed by atoms with Crippen LogP contribution in [0.4, 0.5) is 0 Å². The first-order chi connectivity index (χ1) is 8.61. The average molecular weight is 283 g/mol. The molecule has 0 radical (unpaired) electrons. The van der Waals surface area contributed by atoms with Crippen LogP contribution >= 0.6 is 23.2 Å². The van der Waals surface area contributed by atoms with E-state index in [0.29, 0.717) is 11.6 Å².